The van der Waals surface area contributed by atoms with Crippen LogP contribution in [-0.2, 0) is 6.54 Å². The molecule has 0 aliphatic carbocycles. The van der Waals surface area contributed by atoms with Crippen LogP contribution in [0.2, 0.25) is 0 Å². The van der Waals surface area contributed by atoms with Gasteiger partial charge in [0.15, 0.2) is 0 Å². The molecule has 9 heteroatoms. The van der Waals surface area contributed by atoms with Crippen molar-refractivity contribution in [2.45, 2.75) is 18.9 Å². The zero-order valence-corrected chi connectivity index (χ0v) is 9.74. The normalized spacial score (nSPS) is 12.2. The number of carboxylic acid groups (broad SMARTS) is 1. The highest BCUT2D eigenvalue weighted by Gasteiger charge is 2.42. The molecule has 1 heterocycles. The quantitative estimate of drug-likeness (QED) is 0.845. The van der Waals surface area contributed by atoms with Crippen molar-refractivity contribution in [3.05, 3.63) is 34.2 Å². The molecule has 2 N–H and O–H groups in total. The maximum absolute atomic E-state index is 13.1. The van der Waals surface area contributed by atoms with E-state index in [2.05, 4.69) is 4.98 Å². The van der Waals surface area contributed by atoms with Gasteiger partial charge in [-0.3, -0.25) is 4.57 Å². The SMILES string of the molecule is O=C(O)c1cccc2[nH]c(=O)n(CC(F)(F)C(F)F)c12. The first-order chi connectivity index (χ1) is 9.24. The van der Waals surface area contributed by atoms with Crippen LogP contribution in [0, 0.1) is 0 Å². The Labute approximate surface area is 108 Å². The summed E-state index contributed by atoms with van der Waals surface area (Å²) in [6, 6.07) is 3.69. The predicted molar refractivity (Wildman–Crippen MR) is 60.5 cm³/mol. The van der Waals surface area contributed by atoms with E-state index in [9.17, 15) is 27.2 Å². The lowest BCUT2D eigenvalue weighted by Gasteiger charge is -2.16. The number of carbonyl (C=O) groups is 1. The average Bonchev–Trinajstić information content (AvgIpc) is 2.65. The highest BCUT2D eigenvalue weighted by Crippen LogP contribution is 2.26. The molecule has 0 atom stereocenters. The summed E-state index contributed by atoms with van der Waals surface area (Å²) in [6.07, 6.45) is -3.96. The fourth-order valence-corrected chi connectivity index (χ4v) is 1.82. The van der Waals surface area contributed by atoms with Gasteiger partial charge in [0, 0.05) is 0 Å². The number of fused-ring (bicyclic) bond motifs is 1. The molecule has 2 aromatic rings. The molecule has 108 valence electrons. The Kier molecular flexibility index (Phi) is 3.28. The minimum atomic E-state index is -4.44. The van der Waals surface area contributed by atoms with Crippen molar-refractivity contribution >= 4 is 17.0 Å². The van der Waals surface area contributed by atoms with Crippen molar-refractivity contribution in [2.75, 3.05) is 0 Å². The van der Waals surface area contributed by atoms with E-state index in [-0.39, 0.29) is 11.0 Å². The van der Waals surface area contributed by atoms with Gasteiger partial charge >= 0.3 is 24.0 Å². The maximum atomic E-state index is 13.1. The molecule has 20 heavy (non-hydrogen) atoms. The number of hydrogen-bond donors (Lipinski definition) is 2. The van der Waals surface area contributed by atoms with Crippen LogP contribution in [0.25, 0.3) is 11.0 Å². The summed E-state index contributed by atoms with van der Waals surface area (Å²) < 4.78 is 50.9. The Morgan fingerprint density at radius 2 is 2.05 bits per heavy atom. The lowest BCUT2D eigenvalue weighted by atomic mass is 10.2. The monoisotopic (exact) mass is 292 g/mol. The summed E-state index contributed by atoms with van der Waals surface area (Å²) in [4.78, 5) is 24.7. The van der Waals surface area contributed by atoms with Crippen molar-refractivity contribution in [3.63, 3.8) is 0 Å². The smallest absolute Gasteiger partial charge is 0.337 e. The third kappa shape index (κ3) is 2.26. The molecular weight excluding hydrogens is 284 g/mol. The number of H-pyrrole nitrogens is 1. The Morgan fingerprint density at radius 3 is 2.60 bits per heavy atom. The lowest BCUT2D eigenvalue weighted by molar-refractivity contribution is -0.137. The first-order valence-corrected chi connectivity index (χ1v) is 5.35. The number of halogens is 4. The summed E-state index contributed by atoms with van der Waals surface area (Å²) in [5.41, 5.74) is -1.86. The van der Waals surface area contributed by atoms with Crippen LogP contribution in [0.3, 0.4) is 0 Å². The number of aromatic nitrogens is 2. The summed E-state index contributed by atoms with van der Waals surface area (Å²) >= 11 is 0. The zero-order chi connectivity index (χ0) is 15.1. The van der Waals surface area contributed by atoms with Crippen molar-refractivity contribution in [2.24, 2.45) is 0 Å². The molecule has 0 saturated carbocycles. The predicted octanol–water partition coefficient (Wildman–Crippen LogP) is 1.93. The number of benzene rings is 1. The second kappa shape index (κ2) is 4.66. The minimum Gasteiger partial charge on any atom is -0.478 e. The number of imidazole rings is 1. The summed E-state index contributed by atoms with van der Waals surface area (Å²) in [6.45, 7) is -1.60. The molecule has 0 saturated heterocycles. The van der Waals surface area contributed by atoms with Crippen LogP contribution < -0.4 is 5.69 Å². The van der Waals surface area contributed by atoms with E-state index in [1.165, 1.54) is 12.1 Å². The van der Waals surface area contributed by atoms with E-state index in [1.807, 2.05) is 0 Å². The molecule has 0 amide bonds. The summed E-state index contributed by atoms with van der Waals surface area (Å²) in [5.74, 6) is -5.89. The largest absolute Gasteiger partial charge is 0.478 e. The average molecular weight is 292 g/mol. The molecule has 5 nitrogen and oxygen atoms in total. The Morgan fingerprint density at radius 1 is 1.40 bits per heavy atom. The molecule has 0 spiro atoms. The Balaban J connectivity index is 2.67. The Hall–Kier alpha value is -2.32. The van der Waals surface area contributed by atoms with Gasteiger partial charge in [-0.05, 0) is 12.1 Å². The molecule has 0 aliphatic heterocycles. The van der Waals surface area contributed by atoms with E-state index in [1.54, 1.807) is 0 Å². The number of aromatic carboxylic acids is 1. The van der Waals surface area contributed by atoms with Gasteiger partial charge < -0.3 is 10.1 Å². The number of carboxylic acids is 1. The molecular formula is C11H8F4N2O3. The number of alkyl halides is 4. The van der Waals surface area contributed by atoms with Gasteiger partial charge in [-0.2, -0.15) is 8.78 Å². The first-order valence-electron chi connectivity index (χ1n) is 5.35. The maximum Gasteiger partial charge on any atom is 0.337 e. The fraction of sp³-hybridized carbons (Fsp3) is 0.273. The topological polar surface area (TPSA) is 75.1 Å². The minimum absolute atomic E-state index is 0.0139. The lowest BCUT2D eigenvalue weighted by Crippen LogP contribution is -2.35. The highest BCUT2D eigenvalue weighted by molar-refractivity contribution is 6.01. The van der Waals surface area contributed by atoms with E-state index in [0.29, 0.717) is 4.57 Å². The van der Waals surface area contributed by atoms with Crippen LogP contribution in [-0.4, -0.2) is 33.0 Å². The fourth-order valence-electron chi connectivity index (χ4n) is 1.82. The van der Waals surface area contributed by atoms with Crippen LogP contribution in [0.5, 0.6) is 0 Å². The molecule has 0 bridgehead atoms. The number of rotatable bonds is 4. The first kappa shape index (κ1) is 14.1. The van der Waals surface area contributed by atoms with E-state index in [4.69, 9.17) is 5.11 Å². The van der Waals surface area contributed by atoms with E-state index in [0.717, 1.165) is 6.07 Å². The second-order valence-electron chi connectivity index (χ2n) is 4.08. The highest BCUT2D eigenvalue weighted by atomic mass is 19.3. The van der Waals surface area contributed by atoms with E-state index < -0.39 is 36.1 Å². The number of nitrogens with zero attached hydrogens (tertiary/aromatic N) is 1. The zero-order valence-electron chi connectivity index (χ0n) is 9.74. The molecule has 0 unspecified atom stereocenters. The van der Waals surface area contributed by atoms with Gasteiger partial charge in [-0.1, -0.05) is 6.07 Å². The van der Waals surface area contributed by atoms with E-state index >= 15 is 0 Å². The van der Waals surface area contributed by atoms with Crippen LogP contribution in [0.1, 0.15) is 10.4 Å². The number of nitrogens with one attached hydrogen (secondary N) is 1. The molecule has 1 aromatic carbocycles. The van der Waals surface area contributed by atoms with Gasteiger partial charge in [0.25, 0.3) is 0 Å². The standard InChI is InChI=1S/C11H8F4N2O3/c12-9(13)11(14,15)4-17-7-5(8(18)19)2-1-3-6(7)16-10(17)20/h1-3,9H,4H2,(H,16,20)(H,18,19). The van der Waals surface area contributed by atoms with Crippen LogP contribution >= 0.6 is 0 Å². The molecule has 1 aromatic heterocycles. The van der Waals surface area contributed by atoms with Crippen molar-refractivity contribution < 1.29 is 27.5 Å². The molecule has 0 fully saturated rings. The molecule has 0 aliphatic rings. The van der Waals surface area contributed by atoms with Crippen molar-refractivity contribution in [1.82, 2.24) is 9.55 Å². The van der Waals surface area contributed by atoms with Gasteiger partial charge in [-0.25, -0.2) is 18.4 Å². The van der Waals surface area contributed by atoms with Crippen molar-refractivity contribution in [3.8, 4) is 0 Å². The number of hydrogen-bond acceptors (Lipinski definition) is 2. The molecule has 0 radical (unpaired) electrons. The van der Waals surface area contributed by atoms with Gasteiger partial charge in [0.05, 0.1) is 23.1 Å². The third-order valence-electron chi connectivity index (χ3n) is 2.71. The molecule has 2 rings (SSSR count). The third-order valence-corrected chi connectivity index (χ3v) is 2.71. The number of para-hydroxylation sites is 1. The van der Waals surface area contributed by atoms with Crippen molar-refractivity contribution in [1.29, 1.82) is 0 Å². The Bertz CT molecular complexity index is 720. The van der Waals surface area contributed by atoms with Gasteiger partial charge in [-0.15, -0.1) is 0 Å². The summed E-state index contributed by atoms with van der Waals surface area (Å²) in [5, 5.41) is 8.96. The van der Waals surface area contributed by atoms with Crippen LogP contribution in [0.4, 0.5) is 17.6 Å². The van der Waals surface area contributed by atoms with Crippen LogP contribution in [0.15, 0.2) is 23.0 Å². The second-order valence-corrected chi connectivity index (χ2v) is 4.08. The van der Waals surface area contributed by atoms with Gasteiger partial charge in [0.1, 0.15) is 0 Å². The number of aromatic amines is 1. The van der Waals surface area contributed by atoms with Gasteiger partial charge in [0.2, 0.25) is 0 Å². The summed E-state index contributed by atoms with van der Waals surface area (Å²) in [7, 11) is 0.